The van der Waals surface area contributed by atoms with Gasteiger partial charge < -0.3 is 13.7 Å². The molecule has 0 atom stereocenters. The fourth-order valence-electron chi connectivity index (χ4n) is 8.08. The van der Waals surface area contributed by atoms with Crippen molar-refractivity contribution in [2.45, 2.75) is 20.8 Å². The van der Waals surface area contributed by atoms with E-state index in [1.54, 1.807) is 0 Å². The first-order valence-electron chi connectivity index (χ1n) is 16.7. The highest BCUT2D eigenvalue weighted by Gasteiger charge is 2.20. The van der Waals surface area contributed by atoms with Crippen LogP contribution >= 0.6 is 0 Å². The summed E-state index contributed by atoms with van der Waals surface area (Å²) in [5, 5.41) is 7.64. The molecule has 3 nitrogen and oxygen atoms in total. The van der Waals surface area contributed by atoms with Crippen LogP contribution in [0.5, 0.6) is 0 Å². The van der Waals surface area contributed by atoms with Gasteiger partial charge in [0.05, 0.1) is 44.5 Å². The highest BCUT2D eigenvalue weighted by molar-refractivity contribution is 6.13. The lowest BCUT2D eigenvalue weighted by molar-refractivity contribution is 1.09. The topological polar surface area (TPSA) is 14.8 Å². The van der Waals surface area contributed by atoms with Crippen molar-refractivity contribution in [1.29, 1.82) is 0 Å². The Bertz CT molecular complexity index is 2930. The second kappa shape index (κ2) is 9.97. The zero-order valence-corrected chi connectivity index (χ0v) is 27.2. The predicted molar refractivity (Wildman–Crippen MR) is 204 cm³/mol. The standard InChI is InChI=1S/C45H33N3/c1-28-16-20-40-34(24-28)32-10-4-6-12-38(32)46(40)31-19-23-43-37(27-31)36-26-30(3)18-22-42(36)48(43)45-15-9-8-14-44(45)47-39-13-7-5-11-33(39)35-25-29(2)17-21-41(35)47/h4-27H,1-3H3. The van der Waals surface area contributed by atoms with E-state index < -0.39 is 0 Å². The molecule has 0 N–H and O–H groups in total. The van der Waals surface area contributed by atoms with Crippen LogP contribution in [0, 0.1) is 20.8 Å². The summed E-state index contributed by atoms with van der Waals surface area (Å²) in [5.41, 5.74) is 14.6. The van der Waals surface area contributed by atoms with Crippen LogP contribution in [0.1, 0.15) is 16.7 Å². The van der Waals surface area contributed by atoms with Gasteiger partial charge in [-0.15, -0.1) is 0 Å². The summed E-state index contributed by atoms with van der Waals surface area (Å²) in [6, 6.07) is 53.9. The van der Waals surface area contributed by atoms with Crippen LogP contribution in [0.2, 0.25) is 0 Å². The third-order valence-corrected chi connectivity index (χ3v) is 10.2. The fraction of sp³-hybridized carbons (Fsp3) is 0.0667. The molecule has 7 aromatic carbocycles. The summed E-state index contributed by atoms with van der Waals surface area (Å²) in [6.45, 7) is 6.54. The highest BCUT2D eigenvalue weighted by atomic mass is 15.1. The minimum absolute atomic E-state index is 1.16. The van der Waals surface area contributed by atoms with E-state index in [9.17, 15) is 0 Å². The van der Waals surface area contributed by atoms with Crippen LogP contribution < -0.4 is 0 Å². The van der Waals surface area contributed by atoms with Gasteiger partial charge in [-0.3, -0.25) is 0 Å². The number of hydrogen-bond donors (Lipinski definition) is 0. The molecule has 3 aromatic heterocycles. The van der Waals surface area contributed by atoms with E-state index in [1.807, 2.05) is 0 Å². The van der Waals surface area contributed by atoms with Gasteiger partial charge in [-0.05, 0) is 99.6 Å². The van der Waals surface area contributed by atoms with Crippen molar-refractivity contribution in [3.63, 3.8) is 0 Å². The van der Waals surface area contributed by atoms with Gasteiger partial charge >= 0.3 is 0 Å². The number of rotatable bonds is 3. The first-order chi connectivity index (χ1) is 23.5. The summed E-state index contributed by atoms with van der Waals surface area (Å²) in [5.74, 6) is 0. The Morgan fingerprint density at radius 2 is 0.646 bits per heavy atom. The molecule has 0 bridgehead atoms. The van der Waals surface area contributed by atoms with Crippen LogP contribution in [-0.4, -0.2) is 13.7 Å². The Morgan fingerprint density at radius 3 is 1.17 bits per heavy atom. The molecule has 10 aromatic rings. The maximum Gasteiger partial charge on any atom is 0.0702 e. The van der Waals surface area contributed by atoms with E-state index in [0.717, 1.165) is 11.4 Å². The Kier molecular flexibility index (Phi) is 5.63. The van der Waals surface area contributed by atoms with Gasteiger partial charge in [0.1, 0.15) is 0 Å². The number of para-hydroxylation sites is 4. The SMILES string of the molecule is Cc1ccc2c(c1)c1ccccc1n2-c1ccc2c(c1)c1cc(C)ccc1n2-c1ccccc1-n1c2ccccc2c2cc(C)ccc21. The van der Waals surface area contributed by atoms with E-state index in [4.69, 9.17) is 0 Å². The Hall–Kier alpha value is -6.06. The summed E-state index contributed by atoms with van der Waals surface area (Å²) in [4.78, 5) is 0. The van der Waals surface area contributed by atoms with E-state index in [1.165, 1.54) is 87.8 Å². The molecular weight excluding hydrogens is 583 g/mol. The van der Waals surface area contributed by atoms with Crippen LogP contribution in [-0.2, 0) is 0 Å². The Balaban J connectivity index is 1.28. The van der Waals surface area contributed by atoms with Crippen LogP contribution in [0.15, 0.2) is 146 Å². The second-order valence-corrected chi connectivity index (χ2v) is 13.3. The van der Waals surface area contributed by atoms with Gasteiger partial charge in [0.25, 0.3) is 0 Å². The number of aromatic nitrogens is 3. The van der Waals surface area contributed by atoms with Crippen molar-refractivity contribution in [2.75, 3.05) is 0 Å². The third-order valence-electron chi connectivity index (χ3n) is 10.2. The van der Waals surface area contributed by atoms with Crippen molar-refractivity contribution < 1.29 is 0 Å². The molecule has 0 aliphatic rings. The van der Waals surface area contributed by atoms with Crippen LogP contribution in [0.25, 0.3) is 82.5 Å². The number of aryl methyl sites for hydroxylation is 3. The first-order valence-corrected chi connectivity index (χ1v) is 16.7. The summed E-state index contributed by atoms with van der Waals surface area (Å²) < 4.78 is 7.34. The molecule has 0 radical (unpaired) electrons. The van der Waals surface area contributed by atoms with Crippen molar-refractivity contribution in [1.82, 2.24) is 13.7 Å². The molecule has 3 heteroatoms. The lowest BCUT2D eigenvalue weighted by Crippen LogP contribution is -2.03. The molecule has 0 saturated heterocycles. The van der Waals surface area contributed by atoms with Gasteiger partial charge in [0.15, 0.2) is 0 Å². The van der Waals surface area contributed by atoms with Gasteiger partial charge in [-0.25, -0.2) is 0 Å². The van der Waals surface area contributed by atoms with Gasteiger partial charge in [0.2, 0.25) is 0 Å². The second-order valence-electron chi connectivity index (χ2n) is 13.3. The normalized spacial score (nSPS) is 12.1. The molecule has 3 heterocycles. The number of nitrogens with zero attached hydrogens (tertiary/aromatic N) is 3. The first kappa shape index (κ1) is 27.1. The summed E-state index contributed by atoms with van der Waals surface area (Å²) in [7, 11) is 0. The molecule has 0 aliphatic heterocycles. The highest BCUT2D eigenvalue weighted by Crippen LogP contribution is 2.40. The monoisotopic (exact) mass is 615 g/mol. The van der Waals surface area contributed by atoms with Crippen molar-refractivity contribution in [3.05, 3.63) is 162 Å². The van der Waals surface area contributed by atoms with E-state index in [0.29, 0.717) is 0 Å². The Morgan fingerprint density at radius 1 is 0.292 bits per heavy atom. The van der Waals surface area contributed by atoms with Crippen molar-refractivity contribution in [2.24, 2.45) is 0 Å². The molecule has 228 valence electrons. The molecule has 48 heavy (non-hydrogen) atoms. The zero-order valence-electron chi connectivity index (χ0n) is 27.2. The molecule has 0 fully saturated rings. The number of fused-ring (bicyclic) bond motifs is 9. The van der Waals surface area contributed by atoms with Gasteiger partial charge in [-0.2, -0.15) is 0 Å². The average molecular weight is 616 g/mol. The number of hydrogen-bond acceptors (Lipinski definition) is 0. The van der Waals surface area contributed by atoms with Gasteiger partial charge in [-0.1, -0.05) is 83.4 Å². The molecule has 0 spiro atoms. The maximum absolute atomic E-state index is 2.47. The van der Waals surface area contributed by atoms with Crippen molar-refractivity contribution >= 4 is 65.4 Å². The smallest absolute Gasteiger partial charge is 0.0702 e. The summed E-state index contributed by atoms with van der Waals surface area (Å²) >= 11 is 0. The maximum atomic E-state index is 2.47. The largest absolute Gasteiger partial charge is 0.309 e. The predicted octanol–water partition coefficient (Wildman–Crippen LogP) is 11.9. The fourth-order valence-corrected chi connectivity index (χ4v) is 8.08. The molecule has 0 aliphatic carbocycles. The summed E-state index contributed by atoms with van der Waals surface area (Å²) in [6.07, 6.45) is 0. The quantitative estimate of drug-likeness (QED) is 0.188. The minimum Gasteiger partial charge on any atom is -0.309 e. The van der Waals surface area contributed by atoms with E-state index >= 15 is 0 Å². The van der Waals surface area contributed by atoms with Gasteiger partial charge in [0, 0.05) is 38.0 Å². The lowest BCUT2D eigenvalue weighted by atomic mass is 10.1. The van der Waals surface area contributed by atoms with Crippen molar-refractivity contribution in [3.8, 4) is 17.1 Å². The Labute approximate surface area is 278 Å². The van der Waals surface area contributed by atoms with E-state index in [-0.39, 0.29) is 0 Å². The van der Waals surface area contributed by atoms with E-state index in [2.05, 4.69) is 180 Å². The van der Waals surface area contributed by atoms with Crippen LogP contribution in [0.3, 0.4) is 0 Å². The zero-order chi connectivity index (χ0) is 32.1. The minimum atomic E-state index is 1.16. The van der Waals surface area contributed by atoms with Crippen LogP contribution in [0.4, 0.5) is 0 Å². The molecule has 10 rings (SSSR count). The molecule has 0 saturated carbocycles. The lowest BCUT2D eigenvalue weighted by Gasteiger charge is -2.17. The average Bonchev–Trinajstić information content (AvgIpc) is 3.73. The molecule has 0 amide bonds. The third kappa shape index (κ3) is 3.76. The number of benzene rings is 7. The molecular formula is C45H33N3. The molecule has 0 unspecified atom stereocenters.